The van der Waals surface area contributed by atoms with Crippen LogP contribution in [0.5, 0.6) is 0 Å². The van der Waals surface area contributed by atoms with Crippen molar-refractivity contribution in [3.8, 4) is 0 Å². The number of carbonyl (C=O) groups excluding carboxylic acids is 1. The quantitative estimate of drug-likeness (QED) is 0.911. The summed E-state index contributed by atoms with van der Waals surface area (Å²) in [6, 6.07) is 6.76. The molecule has 1 aromatic carbocycles. The Bertz CT molecular complexity index is 471. The number of hydrogen-bond acceptors (Lipinski definition) is 2. The Hall–Kier alpha value is -1.13. The molecule has 1 amide bonds. The van der Waals surface area contributed by atoms with E-state index in [9.17, 15) is 9.18 Å². The number of halogens is 2. The van der Waals surface area contributed by atoms with Gasteiger partial charge in [0, 0.05) is 25.0 Å². The van der Waals surface area contributed by atoms with Crippen LogP contribution in [0.15, 0.2) is 24.3 Å². The molecule has 2 fully saturated rings. The van der Waals surface area contributed by atoms with Crippen molar-refractivity contribution < 1.29 is 9.18 Å². The van der Waals surface area contributed by atoms with Crippen LogP contribution in [0.2, 0.25) is 0 Å². The van der Waals surface area contributed by atoms with Gasteiger partial charge in [0.1, 0.15) is 5.82 Å². The topological polar surface area (TPSA) is 46.3 Å². The van der Waals surface area contributed by atoms with E-state index < -0.39 is 0 Å². The highest BCUT2D eigenvalue weighted by molar-refractivity contribution is 5.85. The van der Waals surface area contributed by atoms with Crippen LogP contribution >= 0.6 is 12.4 Å². The van der Waals surface area contributed by atoms with Crippen LogP contribution < -0.4 is 5.73 Å². The summed E-state index contributed by atoms with van der Waals surface area (Å²) in [4.78, 5) is 14.3. The maximum absolute atomic E-state index is 12.9. The second kappa shape index (κ2) is 6.10. The Morgan fingerprint density at radius 1 is 1.20 bits per heavy atom. The number of hydrogen-bond donors (Lipinski definition) is 1. The maximum Gasteiger partial charge on any atom is 0.226 e. The van der Waals surface area contributed by atoms with E-state index >= 15 is 0 Å². The smallest absolute Gasteiger partial charge is 0.226 e. The second-order valence-corrected chi connectivity index (χ2v) is 5.66. The van der Waals surface area contributed by atoms with E-state index in [1.807, 2.05) is 4.90 Å². The van der Waals surface area contributed by atoms with Crippen LogP contribution in [0.25, 0.3) is 0 Å². The van der Waals surface area contributed by atoms with Crippen molar-refractivity contribution in [1.82, 2.24) is 4.90 Å². The van der Waals surface area contributed by atoms with Gasteiger partial charge in [-0.15, -0.1) is 12.4 Å². The molecule has 5 heteroatoms. The lowest BCUT2D eigenvalue weighted by atomic mass is 10.0. The molecular weight excluding hydrogens is 279 g/mol. The van der Waals surface area contributed by atoms with Gasteiger partial charge in [-0.1, -0.05) is 12.1 Å². The molecule has 0 bridgehead atoms. The van der Waals surface area contributed by atoms with Gasteiger partial charge < -0.3 is 10.6 Å². The molecule has 2 N–H and O–H groups in total. The first kappa shape index (κ1) is 15.3. The minimum atomic E-state index is -0.225. The lowest BCUT2D eigenvalue weighted by Gasteiger charge is -2.30. The van der Waals surface area contributed by atoms with Crippen molar-refractivity contribution in [1.29, 1.82) is 0 Å². The molecule has 1 aliphatic carbocycles. The van der Waals surface area contributed by atoms with E-state index in [1.165, 1.54) is 12.1 Å². The maximum atomic E-state index is 12.9. The summed E-state index contributed by atoms with van der Waals surface area (Å²) in [5.74, 6) is 0.405. The van der Waals surface area contributed by atoms with Crippen LogP contribution in [0.1, 0.15) is 30.7 Å². The molecule has 2 unspecified atom stereocenters. The van der Waals surface area contributed by atoms with Gasteiger partial charge in [0.2, 0.25) is 5.91 Å². The van der Waals surface area contributed by atoms with Gasteiger partial charge in [0.05, 0.1) is 0 Å². The third kappa shape index (κ3) is 3.13. The fourth-order valence-corrected chi connectivity index (χ4v) is 2.90. The van der Waals surface area contributed by atoms with Crippen molar-refractivity contribution in [2.45, 2.75) is 31.2 Å². The van der Waals surface area contributed by atoms with E-state index in [2.05, 4.69) is 0 Å². The number of piperidine rings is 1. The highest BCUT2D eigenvalue weighted by Gasteiger charge is 2.45. The molecule has 0 aromatic heterocycles. The lowest BCUT2D eigenvalue weighted by molar-refractivity contribution is -0.133. The largest absolute Gasteiger partial charge is 0.342 e. The Balaban J connectivity index is 0.00000147. The molecule has 1 saturated carbocycles. The number of likely N-dealkylation sites (tertiary alicyclic amines) is 1. The molecule has 3 rings (SSSR count). The number of nitrogens with two attached hydrogens (primary N) is 1. The van der Waals surface area contributed by atoms with Crippen LogP contribution in [0.3, 0.4) is 0 Å². The summed E-state index contributed by atoms with van der Waals surface area (Å²) in [5, 5.41) is 0. The molecule has 1 heterocycles. The monoisotopic (exact) mass is 298 g/mol. The molecule has 2 aliphatic rings. The summed E-state index contributed by atoms with van der Waals surface area (Å²) < 4.78 is 12.9. The molecule has 0 spiro atoms. The number of carbonyl (C=O) groups is 1. The predicted octanol–water partition coefficient (Wildman–Crippen LogP) is 2.30. The average Bonchev–Trinajstić information content (AvgIpc) is 3.20. The first-order valence-corrected chi connectivity index (χ1v) is 6.95. The molecule has 0 radical (unpaired) electrons. The summed E-state index contributed by atoms with van der Waals surface area (Å²) in [7, 11) is 0. The van der Waals surface area contributed by atoms with Crippen molar-refractivity contribution in [2.75, 3.05) is 13.1 Å². The van der Waals surface area contributed by atoms with Gasteiger partial charge in [0.25, 0.3) is 0 Å². The fourth-order valence-electron chi connectivity index (χ4n) is 2.90. The van der Waals surface area contributed by atoms with Crippen molar-refractivity contribution >= 4 is 18.3 Å². The SMILES string of the molecule is Cl.NC1CCN(C(=O)C2CC2c2ccc(F)cc2)CC1. The van der Waals surface area contributed by atoms with Gasteiger partial charge in [-0.25, -0.2) is 4.39 Å². The molecule has 1 aliphatic heterocycles. The molecule has 110 valence electrons. The zero-order valence-corrected chi connectivity index (χ0v) is 12.1. The molecule has 20 heavy (non-hydrogen) atoms. The van der Waals surface area contributed by atoms with E-state index in [1.54, 1.807) is 12.1 Å². The van der Waals surface area contributed by atoms with Crippen LogP contribution in [-0.2, 0) is 4.79 Å². The average molecular weight is 299 g/mol. The van der Waals surface area contributed by atoms with Crippen LogP contribution in [0.4, 0.5) is 4.39 Å². The first-order chi connectivity index (χ1) is 9.15. The van der Waals surface area contributed by atoms with Crippen molar-refractivity contribution in [2.24, 2.45) is 11.7 Å². The van der Waals surface area contributed by atoms with E-state index in [0.717, 1.165) is 37.9 Å². The second-order valence-electron chi connectivity index (χ2n) is 5.66. The lowest BCUT2D eigenvalue weighted by Crippen LogP contribution is -2.43. The summed E-state index contributed by atoms with van der Waals surface area (Å²) in [6.45, 7) is 1.57. The minimum absolute atomic E-state index is 0. The summed E-state index contributed by atoms with van der Waals surface area (Å²) in [6.07, 6.45) is 2.70. The molecule has 2 atom stereocenters. The zero-order chi connectivity index (χ0) is 13.4. The van der Waals surface area contributed by atoms with Crippen LogP contribution in [-0.4, -0.2) is 29.9 Å². The van der Waals surface area contributed by atoms with E-state index in [4.69, 9.17) is 5.73 Å². The Kier molecular flexibility index (Phi) is 4.66. The zero-order valence-electron chi connectivity index (χ0n) is 11.3. The Morgan fingerprint density at radius 2 is 1.80 bits per heavy atom. The predicted molar refractivity (Wildman–Crippen MR) is 78.3 cm³/mol. The number of nitrogens with zero attached hydrogens (tertiary/aromatic N) is 1. The Morgan fingerprint density at radius 3 is 2.40 bits per heavy atom. The van der Waals surface area contributed by atoms with Crippen molar-refractivity contribution in [3.63, 3.8) is 0 Å². The van der Waals surface area contributed by atoms with E-state index in [-0.39, 0.29) is 42.0 Å². The fraction of sp³-hybridized carbons (Fsp3) is 0.533. The molecule has 1 saturated heterocycles. The van der Waals surface area contributed by atoms with Gasteiger partial charge >= 0.3 is 0 Å². The van der Waals surface area contributed by atoms with Crippen LogP contribution in [0, 0.1) is 11.7 Å². The minimum Gasteiger partial charge on any atom is -0.342 e. The normalized spacial score (nSPS) is 26.0. The molecule has 3 nitrogen and oxygen atoms in total. The molecule has 1 aromatic rings. The highest BCUT2D eigenvalue weighted by Crippen LogP contribution is 2.48. The standard InChI is InChI=1S/C15H19FN2O.ClH/c16-11-3-1-10(2-4-11)13-9-14(13)15(19)18-7-5-12(17)6-8-18;/h1-4,12-14H,5-9,17H2;1H. The highest BCUT2D eigenvalue weighted by atomic mass is 35.5. The van der Waals surface area contributed by atoms with E-state index in [0.29, 0.717) is 0 Å². The number of benzene rings is 1. The Labute approximate surface area is 124 Å². The number of rotatable bonds is 2. The van der Waals surface area contributed by atoms with Gasteiger partial charge in [-0.2, -0.15) is 0 Å². The summed E-state index contributed by atoms with van der Waals surface area (Å²) >= 11 is 0. The number of amides is 1. The van der Waals surface area contributed by atoms with Gasteiger partial charge in [-0.3, -0.25) is 4.79 Å². The van der Waals surface area contributed by atoms with Crippen molar-refractivity contribution in [3.05, 3.63) is 35.6 Å². The third-order valence-electron chi connectivity index (χ3n) is 4.26. The third-order valence-corrected chi connectivity index (χ3v) is 4.26. The van der Waals surface area contributed by atoms with Gasteiger partial charge in [0.15, 0.2) is 0 Å². The van der Waals surface area contributed by atoms with Gasteiger partial charge in [-0.05, 0) is 42.9 Å². The summed E-state index contributed by atoms with van der Waals surface area (Å²) in [5.41, 5.74) is 6.93. The molecular formula is C15H20ClFN2O. The first-order valence-electron chi connectivity index (χ1n) is 6.95.